The van der Waals surface area contributed by atoms with E-state index in [4.69, 9.17) is 16.3 Å². The molecule has 0 aromatic heterocycles. The first-order valence-corrected chi connectivity index (χ1v) is 8.83. The molecular formula is C18H25ClN2O2. The Bertz CT molecular complexity index is 562. The third-order valence-corrected chi connectivity index (χ3v) is 5.12. The second-order valence-corrected chi connectivity index (χ2v) is 7.03. The third-order valence-electron chi connectivity index (χ3n) is 4.78. The lowest BCUT2D eigenvalue weighted by Gasteiger charge is -2.35. The third kappa shape index (κ3) is 4.06. The molecule has 1 aliphatic carbocycles. The maximum Gasteiger partial charge on any atom is 0.236 e. The fourth-order valence-corrected chi connectivity index (χ4v) is 3.58. The number of nitrogens with zero attached hydrogens (tertiary/aromatic N) is 2. The van der Waals surface area contributed by atoms with E-state index < -0.39 is 0 Å². The van der Waals surface area contributed by atoms with Crippen molar-refractivity contribution in [1.82, 2.24) is 9.80 Å². The van der Waals surface area contributed by atoms with E-state index in [1.165, 1.54) is 12.8 Å². The van der Waals surface area contributed by atoms with E-state index in [1.54, 1.807) is 0 Å². The van der Waals surface area contributed by atoms with Gasteiger partial charge < -0.3 is 9.64 Å². The van der Waals surface area contributed by atoms with Crippen LogP contribution in [0.3, 0.4) is 0 Å². The second kappa shape index (κ2) is 7.20. The molecule has 0 spiro atoms. The SMILES string of the molecule is CC1CN(C(=O)CN(C2CC2)C(C)c2ccccc2Cl)CCO1. The molecule has 0 bridgehead atoms. The van der Waals surface area contributed by atoms with Crippen LogP contribution < -0.4 is 0 Å². The predicted molar refractivity (Wildman–Crippen MR) is 91.6 cm³/mol. The summed E-state index contributed by atoms with van der Waals surface area (Å²) in [5, 5.41) is 0.776. The van der Waals surface area contributed by atoms with Gasteiger partial charge in [0, 0.05) is 30.2 Å². The minimum absolute atomic E-state index is 0.128. The van der Waals surface area contributed by atoms with Gasteiger partial charge in [-0.2, -0.15) is 0 Å². The highest BCUT2D eigenvalue weighted by molar-refractivity contribution is 6.31. The molecular weight excluding hydrogens is 312 g/mol. The molecule has 1 aliphatic heterocycles. The Labute approximate surface area is 143 Å². The zero-order chi connectivity index (χ0) is 16.4. The highest BCUT2D eigenvalue weighted by atomic mass is 35.5. The molecule has 1 heterocycles. The summed E-state index contributed by atoms with van der Waals surface area (Å²) in [4.78, 5) is 16.9. The number of carbonyl (C=O) groups is 1. The van der Waals surface area contributed by atoms with Crippen LogP contribution >= 0.6 is 11.6 Å². The lowest BCUT2D eigenvalue weighted by molar-refractivity contribution is -0.140. The van der Waals surface area contributed by atoms with Crippen LogP contribution in [-0.2, 0) is 9.53 Å². The Kier molecular flexibility index (Phi) is 5.24. The summed E-state index contributed by atoms with van der Waals surface area (Å²) in [6.45, 7) is 6.65. The van der Waals surface area contributed by atoms with Gasteiger partial charge in [0.05, 0.1) is 19.3 Å². The zero-order valence-electron chi connectivity index (χ0n) is 13.9. The normalized spacial score (nSPS) is 23.1. The number of carbonyl (C=O) groups excluding carboxylic acids is 1. The smallest absolute Gasteiger partial charge is 0.236 e. The van der Waals surface area contributed by atoms with Crippen molar-refractivity contribution in [3.63, 3.8) is 0 Å². The largest absolute Gasteiger partial charge is 0.375 e. The van der Waals surface area contributed by atoms with Gasteiger partial charge in [-0.1, -0.05) is 29.8 Å². The van der Waals surface area contributed by atoms with Gasteiger partial charge in [-0.05, 0) is 38.3 Å². The molecule has 2 atom stereocenters. The molecule has 126 valence electrons. The Morgan fingerprint density at radius 3 is 2.83 bits per heavy atom. The fraction of sp³-hybridized carbons (Fsp3) is 0.611. The molecule has 1 aromatic rings. The summed E-state index contributed by atoms with van der Waals surface area (Å²) in [5.74, 6) is 0.200. The summed E-state index contributed by atoms with van der Waals surface area (Å²) >= 11 is 6.35. The van der Waals surface area contributed by atoms with Crippen molar-refractivity contribution in [2.75, 3.05) is 26.2 Å². The van der Waals surface area contributed by atoms with E-state index in [0.717, 1.165) is 10.6 Å². The van der Waals surface area contributed by atoms with Crippen LogP contribution in [0.5, 0.6) is 0 Å². The zero-order valence-corrected chi connectivity index (χ0v) is 14.6. The maximum absolute atomic E-state index is 12.7. The van der Waals surface area contributed by atoms with E-state index in [0.29, 0.717) is 32.3 Å². The first-order valence-electron chi connectivity index (χ1n) is 8.46. The lowest BCUT2D eigenvalue weighted by atomic mass is 10.1. The number of amides is 1. The van der Waals surface area contributed by atoms with Crippen LogP contribution in [-0.4, -0.2) is 54.1 Å². The molecule has 3 rings (SSSR count). The van der Waals surface area contributed by atoms with Gasteiger partial charge in [-0.25, -0.2) is 0 Å². The monoisotopic (exact) mass is 336 g/mol. The molecule has 2 unspecified atom stereocenters. The van der Waals surface area contributed by atoms with Crippen molar-refractivity contribution in [3.05, 3.63) is 34.9 Å². The van der Waals surface area contributed by atoms with Crippen molar-refractivity contribution < 1.29 is 9.53 Å². The second-order valence-electron chi connectivity index (χ2n) is 6.62. The maximum atomic E-state index is 12.7. The summed E-state index contributed by atoms with van der Waals surface area (Å²) in [5.41, 5.74) is 1.10. The van der Waals surface area contributed by atoms with Crippen LogP contribution in [0.1, 0.15) is 38.3 Å². The standard InChI is InChI=1S/C18H25ClN2O2/c1-13-11-20(9-10-23-13)18(22)12-21(15-7-8-15)14(2)16-5-3-4-6-17(16)19/h3-6,13-15H,7-12H2,1-2H3. The van der Waals surface area contributed by atoms with E-state index in [1.807, 2.05) is 30.0 Å². The summed E-state index contributed by atoms with van der Waals surface area (Å²) in [6.07, 6.45) is 2.46. The van der Waals surface area contributed by atoms with E-state index in [9.17, 15) is 4.79 Å². The van der Waals surface area contributed by atoms with Crippen LogP contribution in [0.4, 0.5) is 0 Å². The van der Waals surface area contributed by atoms with Crippen molar-refractivity contribution in [3.8, 4) is 0 Å². The van der Waals surface area contributed by atoms with Crippen molar-refractivity contribution in [2.45, 2.75) is 44.9 Å². The van der Waals surface area contributed by atoms with Gasteiger partial charge in [0.15, 0.2) is 0 Å². The van der Waals surface area contributed by atoms with Crippen molar-refractivity contribution in [2.24, 2.45) is 0 Å². The molecule has 4 nitrogen and oxygen atoms in total. The molecule has 5 heteroatoms. The first-order chi connectivity index (χ1) is 11.1. The fourth-order valence-electron chi connectivity index (χ4n) is 3.28. The van der Waals surface area contributed by atoms with Crippen LogP contribution in [0.15, 0.2) is 24.3 Å². The highest BCUT2D eigenvalue weighted by Gasteiger charge is 2.35. The van der Waals surface area contributed by atoms with E-state index >= 15 is 0 Å². The molecule has 1 saturated carbocycles. The number of benzene rings is 1. The Morgan fingerprint density at radius 1 is 1.43 bits per heavy atom. The average Bonchev–Trinajstić information content (AvgIpc) is 3.37. The van der Waals surface area contributed by atoms with Gasteiger partial charge in [0.25, 0.3) is 0 Å². The molecule has 1 saturated heterocycles. The summed E-state index contributed by atoms with van der Waals surface area (Å²) in [6, 6.07) is 8.59. The van der Waals surface area contributed by atoms with Gasteiger partial charge in [0.1, 0.15) is 0 Å². The van der Waals surface area contributed by atoms with Crippen LogP contribution in [0.25, 0.3) is 0 Å². The number of hydrogen-bond donors (Lipinski definition) is 0. The average molecular weight is 337 g/mol. The molecule has 2 fully saturated rings. The number of ether oxygens (including phenoxy) is 1. The van der Waals surface area contributed by atoms with E-state index in [2.05, 4.69) is 17.9 Å². The minimum atomic E-state index is 0.128. The van der Waals surface area contributed by atoms with Gasteiger partial charge >= 0.3 is 0 Å². The van der Waals surface area contributed by atoms with Crippen molar-refractivity contribution in [1.29, 1.82) is 0 Å². The first kappa shape index (κ1) is 16.7. The summed E-state index contributed by atoms with van der Waals surface area (Å²) < 4.78 is 5.53. The quantitative estimate of drug-likeness (QED) is 0.828. The predicted octanol–water partition coefficient (Wildman–Crippen LogP) is 3.11. The van der Waals surface area contributed by atoms with E-state index in [-0.39, 0.29) is 18.1 Å². The number of hydrogen-bond acceptors (Lipinski definition) is 3. The molecule has 23 heavy (non-hydrogen) atoms. The molecule has 0 radical (unpaired) electrons. The Balaban J connectivity index is 1.69. The van der Waals surface area contributed by atoms with Gasteiger partial charge in [-0.3, -0.25) is 9.69 Å². The van der Waals surface area contributed by atoms with Gasteiger partial charge in [0.2, 0.25) is 5.91 Å². The lowest BCUT2D eigenvalue weighted by Crippen LogP contribution is -2.49. The minimum Gasteiger partial charge on any atom is -0.375 e. The number of halogens is 1. The number of morpholine rings is 1. The van der Waals surface area contributed by atoms with Crippen LogP contribution in [0.2, 0.25) is 5.02 Å². The van der Waals surface area contributed by atoms with Crippen LogP contribution in [0, 0.1) is 0 Å². The topological polar surface area (TPSA) is 32.8 Å². The molecule has 2 aliphatic rings. The van der Waals surface area contributed by atoms with Gasteiger partial charge in [-0.15, -0.1) is 0 Å². The summed E-state index contributed by atoms with van der Waals surface area (Å²) in [7, 11) is 0. The molecule has 1 amide bonds. The Hall–Kier alpha value is -1.10. The van der Waals surface area contributed by atoms with Crippen molar-refractivity contribution >= 4 is 17.5 Å². The molecule has 0 N–H and O–H groups in total. The Morgan fingerprint density at radius 2 is 2.17 bits per heavy atom. The number of rotatable bonds is 5. The highest BCUT2D eigenvalue weighted by Crippen LogP contribution is 2.36. The molecule has 1 aromatic carbocycles.